The number of hydrogen-bond donors (Lipinski definition) is 2. The number of aliphatic carboxylic acids is 1. The SMILES string of the molecule is O=C(O)CCCN1C(=O)C(=CC2=CC(c3ccc(F)cc3)Nc3ccccc32)SC1=S. The number of allylic oxidation sites excluding steroid dienone is 2. The first-order valence-electron chi connectivity index (χ1n) is 9.73. The summed E-state index contributed by atoms with van der Waals surface area (Å²) in [4.78, 5) is 25.6. The highest BCUT2D eigenvalue weighted by Crippen LogP contribution is 2.39. The van der Waals surface area contributed by atoms with Crippen molar-refractivity contribution in [3.8, 4) is 0 Å². The molecule has 158 valence electrons. The van der Waals surface area contributed by atoms with E-state index in [0.29, 0.717) is 15.6 Å². The zero-order chi connectivity index (χ0) is 22.0. The number of para-hydroxylation sites is 1. The van der Waals surface area contributed by atoms with Gasteiger partial charge in [-0.3, -0.25) is 14.5 Å². The Morgan fingerprint density at radius 2 is 1.97 bits per heavy atom. The summed E-state index contributed by atoms with van der Waals surface area (Å²) in [7, 11) is 0. The van der Waals surface area contributed by atoms with Crippen LogP contribution in [0.1, 0.15) is 30.0 Å². The molecule has 1 amide bonds. The van der Waals surface area contributed by atoms with Crippen LogP contribution in [0.15, 0.2) is 65.6 Å². The molecule has 1 atom stereocenters. The first kappa shape index (κ1) is 21.3. The van der Waals surface area contributed by atoms with Gasteiger partial charge in [0.05, 0.1) is 10.9 Å². The van der Waals surface area contributed by atoms with Crippen LogP contribution in [0.5, 0.6) is 0 Å². The molecule has 1 saturated heterocycles. The molecule has 4 rings (SSSR count). The number of benzene rings is 2. The number of carbonyl (C=O) groups excluding carboxylic acids is 1. The van der Waals surface area contributed by atoms with Gasteiger partial charge in [-0.2, -0.15) is 0 Å². The van der Waals surface area contributed by atoms with Crippen molar-refractivity contribution in [2.75, 3.05) is 11.9 Å². The molecule has 2 N–H and O–H groups in total. The highest BCUT2D eigenvalue weighted by Gasteiger charge is 2.32. The van der Waals surface area contributed by atoms with E-state index in [4.69, 9.17) is 17.3 Å². The predicted octanol–water partition coefficient (Wildman–Crippen LogP) is 4.98. The lowest BCUT2D eigenvalue weighted by molar-refractivity contribution is -0.137. The van der Waals surface area contributed by atoms with Crippen LogP contribution in [0.4, 0.5) is 10.1 Å². The topological polar surface area (TPSA) is 69.6 Å². The van der Waals surface area contributed by atoms with E-state index in [-0.39, 0.29) is 30.7 Å². The molecule has 2 heterocycles. The molecule has 0 spiro atoms. The Labute approximate surface area is 188 Å². The Morgan fingerprint density at radius 1 is 1.23 bits per heavy atom. The molecule has 2 aliphatic rings. The van der Waals surface area contributed by atoms with Crippen LogP contribution in [0.2, 0.25) is 0 Å². The maximum Gasteiger partial charge on any atom is 0.303 e. The number of hydrogen-bond acceptors (Lipinski definition) is 5. The van der Waals surface area contributed by atoms with E-state index in [1.165, 1.54) is 28.8 Å². The summed E-state index contributed by atoms with van der Waals surface area (Å²) in [5, 5.41) is 12.3. The van der Waals surface area contributed by atoms with Crippen LogP contribution in [0, 0.1) is 5.82 Å². The quantitative estimate of drug-likeness (QED) is 0.474. The lowest BCUT2D eigenvalue weighted by Gasteiger charge is -2.26. The number of anilines is 1. The van der Waals surface area contributed by atoms with E-state index in [2.05, 4.69) is 5.32 Å². The van der Waals surface area contributed by atoms with Gasteiger partial charge in [-0.15, -0.1) is 0 Å². The van der Waals surface area contributed by atoms with Crippen LogP contribution in [0.3, 0.4) is 0 Å². The number of thioether (sulfide) groups is 1. The minimum Gasteiger partial charge on any atom is -0.481 e. The zero-order valence-corrected chi connectivity index (χ0v) is 18.0. The molecular weight excluding hydrogens is 435 g/mol. The Hall–Kier alpha value is -2.97. The maximum absolute atomic E-state index is 13.4. The average Bonchev–Trinajstić information content (AvgIpc) is 3.01. The van der Waals surface area contributed by atoms with E-state index in [0.717, 1.165) is 22.4 Å². The van der Waals surface area contributed by atoms with Crippen molar-refractivity contribution < 1.29 is 19.1 Å². The Balaban J connectivity index is 1.63. The van der Waals surface area contributed by atoms with Gasteiger partial charge in [-0.05, 0) is 47.9 Å². The van der Waals surface area contributed by atoms with E-state index >= 15 is 0 Å². The number of halogens is 1. The smallest absolute Gasteiger partial charge is 0.303 e. The van der Waals surface area contributed by atoms with Crippen molar-refractivity contribution in [2.45, 2.75) is 18.9 Å². The fourth-order valence-electron chi connectivity index (χ4n) is 3.54. The van der Waals surface area contributed by atoms with Crippen LogP contribution >= 0.6 is 24.0 Å². The minimum atomic E-state index is -0.899. The molecule has 0 bridgehead atoms. The van der Waals surface area contributed by atoms with Crippen molar-refractivity contribution >= 4 is 51.4 Å². The number of thiocarbonyl (C=S) groups is 1. The molecule has 0 saturated carbocycles. The lowest BCUT2D eigenvalue weighted by atomic mass is 9.93. The number of carbonyl (C=O) groups is 2. The van der Waals surface area contributed by atoms with Crippen LogP contribution < -0.4 is 5.32 Å². The number of amides is 1. The first-order chi connectivity index (χ1) is 14.9. The van der Waals surface area contributed by atoms with E-state index in [1.54, 1.807) is 12.1 Å². The molecule has 1 unspecified atom stereocenters. The average molecular weight is 455 g/mol. The van der Waals surface area contributed by atoms with Gasteiger partial charge >= 0.3 is 5.97 Å². The summed E-state index contributed by atoms with van der Waals surface area (Å²) < 4.78 is 13.8. The number of carboxylic acids is 1. The third-order valence-electron chi connectivity index (χ3n) is 5.06. The van der Waals surface area contributed by atoms with Gasteiger partial charge in [-0.25, -0.2) is 4.39 Å². The second kappa shape index (κ2) is 9.03. The second-order valence-corrected chi connectivity index (χ2v) is 8.85. The molecule has 31 heavy (non-hydrogen) atoms. The summed E-state index contributed by atoms with van der Waals surface area (Å²) >= 11 is 6.56. The number of carboxylic acid groups (broad SMARTS) is 1. The Morgan fingerprint density at radius 3 is 2.71 bits per heavy atom. The molecule has 2 aromatic carbocycles. The van der Waals surface area contributed by atoms with E-state index in [9.17, 15) is 14.0 Å². The number of rotatable bonds is 6. The summed E-state index contributed by atoms with van der Waals surface area (Å²) in [5.74, 6) is -1.41. The number of nitrogens with one attached hydrogen (secondary N) is 1. The predicted molar refractivity (Wildman–Crippen MR) is 124 cm³/mol. The van der Waals surface area contributed by atoms with Crippen LogP contribution in [-0.4, -0.2) is 32.7 Å². The summed E-state index contributed by atoms with van der Waals surface area (Å²) in [6, 6.07) is 13.9. The van der Waals surface area contributed by atoms with Crippen LogP contribution in [0.25, 0.3) is 5.57 Å². The largest absolute Gasteiger partial charge is 0.481 e. The summed E-state index contributed by atoms with van der Waals surface area (Å²) in [5.41, 5.74) is 3.65. The molecule has 0 aromatic heterocycles. The molecule has 2 aromatic rings. The van der Waals surface area contributed by atoms with Gasteiger partial charge in [0.1, 0.15) is 10.1 Å². The van der Waals surface area contributed by atoms with Crippen molar-refractivity contribution in [1.29, 1.82) is 0 Å². The molecule has 5 nitrogen and oxygen atoms in total. The summed E-state index contributed by atoms with van der Waals surface area (Å²) in [6.07, 6.45) is 4.16. The van der Waals surface area contributed by atoms with Gasteiger partial charge in [0.2, 0.25) is 0 Å². The van der Waals surface area contributed by atoms with Crippen molar-refractivity contribution in [3.05, 3.63) is 82.5 Å². The Kier molecular flexibility index (Phi) is 6.20. The zero-order valence-electron chi connectivity index (χ0n) is 16.4. The second-order valence-electron chi connectivity index (χ2n) is 7.17. The molecule has 0 aliphatic carbocycles. The van der Waals surface area contributed by atoms with Crippen molar-refractivity contribution in [2.24, 2.45) is 0 Å². The standard InChI is InChI=1S/C23H19FN2O3S2/c24-16-9-7-14(8-10-16)19-12-15(17-4-1-2-5-18(17)25-19)13-20-22(29)26(23(30)31-20)11-3-6-21(27)28/h1-2,4-5,7-10,12-13,19,25H,3,6,11H2,(H,27,28). The van der Waals surface area contributed by atoms with Crippen molar-refractivity contribution in [1.82, 2.24) is 4.90 Å². The molecule has 8 heteroatoms. The molecule has 2 aliphatic heterocycles. The molecule has 1 fully saturated rings. The maximum atomic E-state index is 13.4. The third-order valence-corrected chi connectivity index (χ3v) is 6.43. The molecular formula is C23H19FN2O3S2. The first-order valence-corrected chi connectivity index (χ1v) is 11.0. The van der Waals surface area contributed by atoms with E-state index in [1.807, 2.05) is 36.4 Å². The van der Waals surface area contributed by atoms with Crippen molar-refractivity contribution in [3.63, 3.8) is 0 Å². The monoisotopic (exact) mass is 454 g/mol. The number of fused-ring (bicyclic) bond motifs is 1. The highest BCUT2D eigenvalue weighted by atomic mass is 32.2. The van der Waals surface area contributed by atoms with Gasteiger partial charge < -0.3 is 10.4 Å². The van der Waals surface area contributed by atoms with Gasteiger partial charge in [0.15, 0.2) is 0 Å². The van der Waals surface area contributed by atoms with Crippen LogP contribution in [-0.2, 0) is 9.59 Å². The lowest BCUT2D eigenvalue weighted by Crippen LogP contribution is -2.29. The third kappa shape index (κ3) is 4.70. The van der Waals surface area contributed by atoms with Gasteiger partial charge in [0, 0.05) is 24.2 Å². The van der Waals surface area contributed by atoms with E-state index < -0.39 is 5.97 Å². The highest BCUT2D eigenvalue weighted by molar-refractivity contribution is 8.26. The minimum absolute atomic E-state index is 0.0142. The van der Waals surface area contributed by atoms with Gasteiger partial charge in [0.25, 0.3) is 5.91 Å². The normalized spacial score (nSPS) is 19.3. The fraction of sp³-hybridized carbons (Fsp3) is 0.174. The Bertz CT molecular complexity index is 1110. The summed E-state index contributed by atoms with van der Waals surface area (Å²) in [6.45, 7) is 0.281. The molecule has 0 radical (unpaired) electrons. The number of nitrogens with zero attached hydrogens (tertiary/aromatic N) is 1. The fourth-order valence-corrected chi connectivity index (χ4v) is 4.84. The van der Waals surface area contributed by atoms with Gasteiger partial charge in [-0.1, -0.05) is 54.3 Å².